The maximum absolute atomic E-state index is 12.3. The first kappa shape index (κ1) is 17.2. The molecule has 1 unspecified atom stereocenters. The van der Waals surface area contributed by atoms with E-state index in [0.29, 0.717) is 24.1 Å². The van der Waals surface area contributed by atoms with Crippen LogP contribution in [0.2, 0.25) is 0 Å². The van der Waals surface area contributed by atoms with Gasteiger partial charge in [-0.3, -0.25) is 10.1 Å². The van der Waals surface area contributed by atoms with Crippen molar-refractivity contribution in [2.75, 3.05) is 6.61 Å². The molecule has 1 N–H and O–H groups in total. The van der Waals surface area contributed by atoms with Crippen molar-refractivity contribution in [2.24, 2.45) is 10.9 Å². The molecule has 1 amide bonds. The van der Waals surface area contributed by atoms with Crippen LogP contribution in [-0.2, 0) is 4.74 Å². The fourth-order valence-corrected chi connectivity index (χ4v) is 1.63. The smallest absolute Gasteiger partial charge is 0.291 e. The molecule has 1 aromatic carbocycles. The Bertz CT molecular complexity index is 495. The van der Waals surface area contributed by atoms with E-state index in [1.807, 2.05) is 32.0 Å². The second kappa shape index (κ2) is 8.45. The number of hydrogen-bond donors (Lipinski definition) is 1. The molecule has 0 spiro atoms. The number of amides is 1. The quantitative estimate of drug-likeness (QED) is 0.666. The summed E-state index contributed by atoms with van der Waals surface area (Å²) in [5, 5.41) is 2.78. The van der Waals surface area contributed by atoms with Gasteiger partial charge < -0.3 is 4.74 Å². The van der Waals surface area contributed by atoms with E-state index in [4.69, 9.17) is 4.74 Å². The van der Waals surface area contributed by atoms with E-state index in [9.17, 15) is 4.79 Å². The number of benzene rings is 1. The fraction of sp³-hybridized carbons (Fsp3) is 0.529. The molecule has 116 valence electrons. The van der Waals surface area contributed by atoms with Crippen molar-refractivity contribution in [3.05, 3.63) is 35.4 Å². The lowest BCUT2D eigenvalue weighted by Crippen LogP contribution is -2.34. The Hall–Kier alpha value is -1.84. The van der Waals surface area contributed by atoms with Crippen LogP contribution in [0, 0.1) is 12.8 Å². The zero-order valence-corrected chi connectivity index (χ0v) is 13.6. The van der Waals surface area contributed by atoms with E-state index in [-0.39, 0.29) is 11.9 Å². The number of aryl methyl sites for hydroxylation is 1. The third-order valence-corrected chi connectivity index (χ3v) is 3.09. The van der Waals surface area contributed by atoms with Gasteiger partial charge in [-0.15, -0.1) is 0 Å². The molecule has 1 rings (SSSR count). The second-order valence-electron chi connectivity index (χ2n) is 5.67. The number of rotatable bonds is 5. The Labute approximate surface area is 127 Å². The zero-order chi connectivity index (χ0) is 15.8. The maximum atomic E-state index is 12.3. The number of carbonyl (C=O) groups is 1. The summed E-state index contributed by atoms with van der Waals surface area (Å²) in [5.74, 6) is 0.196. The van der Waals surface area contributed by atoms with E-state index in [1.165, 1.54) is 0 Å². The Morgan fingerprint density at radius 2 is 1.95 bits per heavy atom. The van der Waals surface area contributed by atoms with Crippen LogP contribution in [0.1, 0.15) is 50.0 Å². The van der Waals surface area contributed by atoms with Crippen LogP contribution in [0.3, 0.4) is 0 Å². The molecular weight excluding hydrogens is 264 g/mol. The molecule has 0 fully saturated rings. The Balaban J connectivity index is 2.83. The van der Waals surface area contributed by atoms with Gasteiger partial charge in [-0.25, -0.2) is 4.99 Å². The van der Waals surface area contributed by atoms with Crippen LogP contribution in [0.4, 0.5) is 0 Å². The average Bonchev–Trinajstić information content (AvgIpc) is 2.44. The monoisotopic (exact) mass is 290 g/mol. The van der Waals surface area contributed by atoms with Gasteiger partial charge in [0.1, 0.15) is 0 Å². The van der Waals surface area contributed by atoms with E-state index in [1.54, 1.807) is 6.07 Å². The molecule has 4 heteroatoms. The van der Waals surface area contributed by atoms with E-state index >= 15 is 0 Å². The molecule has 0 bridgehead atoms. The van der Waals surface area contributed by atoms with Crippen LogP contribution < -0.4 is 5.32 Å². The summed E-state index contributed by atoms with van der Waals surface area (Å²) >= 11 is 0. The third-order valence-electron chi connectivity index (χ3n) is 3.09. The number of carbonyl (C=O) groups excluding carboxylic acids is 1. The lowest BCUT2D eigenvalue weighted by molar-refractivity contribution is 0.0962. The predicted molar refractivity (Wildman–Crippen MR) is 86.6 cm³/mol. The van der Waals surface area contributed by atoms with Crippen molar-refractivity contribution in [1.82, 2.24) is 5.32 Å². The Morgan fingerprint density at radius 3 is 2.52 bits per heavy atom. The van der Waals surface area contributed by atoms with Crippen LogP contribution in [0.25, 0.3) is 0 Å². The SMILES string of the molecule is CCC(C)N=C(NC(=O)c1ccccc1C)OCC(C)C. The molecule has 0 aliphatic carbocycles. The number of ether oxygens (including phenoxy) is 1. The molecule has 4 nitrogen and oxygen atoms in total. The normalized spacial score (nSPS) is 13.1. The molecule has 0 aliphatic heterocycles. The van der Waals surface area contributed by atoms with Crippen molar-refractivity contribution >= 4 is 11.9 Å². The molecule has 0 radical (unpaired) electrons. The minimum Gasteiger partial charge on any atom is -0.465 e. The van der Waals surface area contributed by atoms with Crippen molar-refractivity contribution in [3.63, 3.8) is 0 Å². The predicted octanol–water partition coefficient (Wildman–Crippen LogP) is 3.55. The average molecular weight is 290 g/mol. The number of aliphatic imine (C=N–C) groups is 1. The first-order chi connectivity index (χ1) is 9.93. The highest BCUT2D eigenvalue weighted by molar-refractivity contribution is 6.04. The molecule has 1 atom stereocenters. The number of amidine groups is 1. The Kier molecular flexibility index (Phi) is 6.92. The maximum Gasteiger partial charge on any atom is 0.291 e. The minimum atomic E-state index is -0.182. The lowest BCUT2D eigenvalue weighted by Gasteiger charge is -2.14. The number of nitrogens with zero attached hydrogens (tertiary/aromatic N) is 1. The van der Waals surface area contributed by atoms with Gasteiger partial charge in [-0.1, -0.05) is 39.0 Å². The standard InChI is InChI=1S/C17H26N2O2/c1-6-14(5)18-17(21-11-12(2)3)19-16(20)15-10-8-7-9-13(15)4/h7-10,12,14H,6,11H2,1-5H3,(H,18,19,20). The van der Waals surface area contributed by atoms with Crippen LogP contribution in [-0.4, -0.2) is 24.6 Å². The summed E-state index contributed by atoms with van der Waals surface area (Å²) < 4.78 is 5.63. The van der Waals surface area contributed by atoms with Gasteiger partial charge in [0, 0.05) is 5.56 Å². The summed E-state index contributed by atoms with van der Waals surface area (Å²) in [5.41, 5.74) is 1.57. The zero-order valence-electron chi connectivity index (χ0n) is 13.6. The summed E-state index contributed by atoms with van der Waals surface area (Å²) in [7, 11) is 0. The number of hydrogen-bond acceptors (Lipinski definition) is 3. The fourth-order valence-electron chi connectivity index (χ4n) is 1.63. The van der Waals surface area contributed by atoms with Gasteiger partial charge in [0.25, 0.3) is 11.9 Å². The first-order valence-corrected chi connectivity index (χ1v) is 7.51. The molecule has 0 saturated heterocycles. The summed E-state index contributed by atoms with van der Waals surface area (Å²) in [6, 6.07) is 7.90. The summed E-state index contributed by atoms with van der Waals surface area (Å²) in [6.07, 6.45) is 0.898. The molecule has 0 saturated carbocycles. The van der Waals surface area contributed by atoms with Crippen molar-refractivity contribution in [2.45, 2.75) is 47.1 Å². The largest absolute Gasteiger partial charge is 0.465 e. The van der Waals surface area contributed by atoms with Gasteiger partial charge in [-0.2, -0.15) is 0 Å². The van der Waals surface area contributed by atoms with Crippen LogP contribution >= 0.6 is 0 Å². The highest BCUT2D eigenvalue weighted by atomic mass is 16.5. The minimum absolute atomic E-state index is 0.115. The lowest BCUT2D eigenvalue weighted by atomic mass is 10.1. The number of nitrogens with one attached hydrogen (secondary N) is 1. The second-order valence-corrected chi connectivity index (χ2v) is 5.67. The van der Waals surface area contributed by atoms with Crippen molar-refractivity contribution < 1.29 is 9.53 Å². The van der Waals surface area contributed by atoms with Crippen LogP contribution in [0.15, 0.2) is 29.3 Å². The molecule has 0 aliphatic rings. The van der Waals surface area contributed by atoms with Gasteiger partial charge in [0.05, 0.1) is 12.6 Å². The highest BCUT2D eigenvalue weighted by Crippen LogP contribution is 2.07. The van der Waals surface area contributed by atoms with E-state index in [2.05, 4.69) is 31.1 Å². The van der Waals surface area contributed by atoms with Crippen LogP contribution in [0.5, 0.6) is 0 Å². The van der Waals surface area contributed by atoms with Gasteiger partial charge >= 0.3 is 0 Å². The molecular formula is C17H26N2O2. The molecule has 0 heterocycles. The molecule has 1 aromatic rings. The summed E-state index contributed by atoms with van der Waals surface area (Å²) in [4.78, 5) is 16.7. The van der Waals surface area contributed by atoms with E-state index < -0.39 is 0 Å². The summed E-state index contributed by atoms with van der Waals surface area (Å²) in [6.45, 7) is 10.6. The third kappa shape index (κ3) is 5.98. The highest BCUT2D eigenvalue weighted by Gasteiger charge is 2.13. The van der Waals surface area contributed by atoms with Gasteiger partial charge in [0.15, 0.2) is 0 Å². The van der Waals surface area contributed by atoms with Gasteiger partial charge in [0.2, 0.25) is 0 Å². The van der Waals surface area contributed by atoms with Crippen molar-refractivity contribution in [1.29, 1.82) is 0 Å². The first-order valence-electron chi connectivity index (χ1n) is 7.51. The van der Waals surface area contributed by atoms with Gasteiger partial charge in [-0.05, 0) is 37.8 Å². The van der Waals surface area contributed by atoms with E-state index in [0.717, 1.165) is 12.0 Å². The molecule has 0 aromatic heterocycles. The van der Waals surface area contributed by atoms with Crippen molar-refractivity contribution in [3.8, 4) is 0 Å². The topological polar surface area (TPSA) is 50.7 Å². The molecule has 21 heavy (non-hydrogen) atoms. The Morgan fingerprint density at radius 1 is 1.29 bits per heavy atom.